The summed E-state index contributed by atoms with van der Waals surface area (Å²) in [7, 11) is 6.30. The first-order valence-electron chi connectivity index (χ1n) is 14.3. The molecule has 0 radical (unpaired) electrons. The van der Waals surface area contributed by atoms with Gasteiger partial charge in [-0.2, -0.15) is 0 Å². The van der Waals surface area contributed by atoms with Crippen LogP contribution in [-0.4, -0.2) is 64.1 Å². The number of halogens is 2. The Labute approximate surface area is 255 Å². The molecule has 7 nitrogen and oxygen atoms in total. The van der Waals surface area contributed by atoms with Crippen LogP contribution in [0.3, 0.4) is 0 Å². The zero-order chi connectivity index (χ0) is 31.4. The van der Waals surface area contributed by atoms with Crippen molar-refractivity contribution in [2.75, 3.05) is 46.4 Å². The fourth-order valence-corrected chi connectivity index (χ4v) is 5.72. The molecule has 0 aromatic heterocycles. The van der Waals surface area contributed by atoms with E-state index < -0.39 is 11.7 Å². The van der Waals surface area contributed by atoms with Crippen molar-refractivity contribution in [3.63, 3.8) is 0 Å². The van der Waals surface area contributed by atoms with Crippen LogP contribution in [0, 0.1) is 11.6 Å². The molecule has 1 amide bonds. The molecule has 44 heavy (non-hydrogen) atoms. The molecule has 1 aliphatic heterocycles. The molecule has 0 spiro atoms. The second kappa shape index (κ2) is 13.2. The molecule has 5 rings (SSSR count). The molecule has 0 N–H and O–H groups in total. The minimum absolute atomic E-state index is 0.151. The molecule has 4 aromatic carbocycles. The second-order valence-electron chi connectivity index (χ2n) is 10.7. The fraction of sp³-hybridized carbons (Fsp3) is 0.257. The summed E-state index contributed by atoms with van der Waals surface area (Å²) in [4.78, 5) is 30.7. The third-order valence-corrected chi connectivity index (χ3v) is 7.98. The number of hydrogen-bond acceptors (Lipinski definition) is 6. The molecule has 1 saturated heterocycles. The first-order valence-corrected chi connectivity index (χ1v) is 14.3. The number of likely N-dealkylation sites (tertiary alicyclic amines) is 1. The SMILES string of the molecule is COc1cc(C(=O)C(=O)N2CCC[C@H]2CN(C)c2ccc(-c3ccc(F)cc3)cc2-c2ccc(F)cc2)cc(OC)c1OC. The van der Waals surface area contributed by atoms with Crippen molar-refractivity contribution in [1.29, 1.82) is 0 Å². The molecular formula is C35H34F2N2O5. The number of amides is 1. The van der Waals surface area contributed by atoms with E-state index in [0.29, 0.717) is 18.8 Å². The van der Waals surface area contributed by atoms with Gasteiger partial charge in [-0.05, 0) is 78.1 Å². The summed E-state index contributed by atoms with van der Waals surface area (Å²) in [6.07, 6.45) is 1.50. The van der Waals surface area contributed by atoms with Gasteiger partial charge in [0.05, 0.1) is 21.3 Å². The zero-order valence-corrected chi connectivity index (χ0v) is 25.1. The van der Waals surface area contributed by atoms with Crippen molar-refractivity contribution >= 4 is 17.4 Å². The van der Waals surface area contributed by atoms with Gasteiger partial charge in [-0.1, -0.05) is 30.3 Å². The van der Waals surface area contributed by atoms with Crippen LogP contribution in [0.2, 0.25) is 0 Å². The first-order chi connectivity index (χ1) is 21.2. The first kappa shape index (κ1) is 30.5. The number of ether oxygens (including phenoxy) is 3. The smallest absolute Gasteiger partial charge is 0.295 e. The van der Waals surface area contributed by atoms with E-state index in [2.05, 4.69) is 0 Å². The van der Waals surface area contributed by atoms with Crippen LogP contribution < -0.4 is 19.1 Å². The standard InChI is InChI=1S/C35H34F2N2O5/c1-38(30-16-11-24(22-7-12-26(36)13-8-22)18-29(30)23-9-14-27(37)15-10-23)21-28-6-5-17-39(28)35(41)33(40)25-19-31(42-2)34(44-4)32(20-25)43-3/h7-16,18-20,28H,5-6,17,21H2,1-4H3/t28-/m0/s1. The van der Waals surface area contributed by atoms with E-state index in [1.807, 2.05) is 30.1 Å². The van der Waals surface area contributed by atoms with Gasteiger partial charge in [0.15, 0.2) is 11.5 Å². The molecular weight excluding hydrogens is 566 g/mol. The van der Waals surface area contributed by atoms with Crippen molar-refractivity contribution < 1.29 is 32.6 Å². The van der Waals surface area contributed by atoms with Gasteiger partial charge < -0.3 is 24.0 Å². The Bertz CT molecular complexity index is 1630. The van der Waals surface area contributed by atoms with Gasteiger partial charge in [-0.25, -0.2) is 8.78 Å². The molecule has 0 saturated carbocycles. The van der Waals surface area contributed by atoms with E-state index in [1.165, 1.54) is 57.7 Å². The fourth-order valence-electron chi connectivity index (χ4n) is 5.72. The highest BCUT2D eigenvalue weighted by molar-refractivity contribution is 6.43. The second-order valence-corrected chi connectivity index (χ2v) is 10.7. The van der Waals surface area contributed by atoms with Crippen LogP contribution >= 0.6 is 0 Å². The molecule has 1 atom stereocenters. The minimum atomic E-state index is -0.658. The maximum Gasteiger partial charge on any atom is 0.295 e. The van der Waals surface area contributed by atoms with Crippen LogP contribution in [0.5, 0.6) is 17.2 Å². The number of carbonyl (C=O) groups excluding carboxylic acids is 2. The number of Topliss-reactive ketones (excluding diaryl/α,β-unsaturated/α-hetero) is 1. The Morgan fingerprint density at radius 2 is 1.36 bits per heavy atom. The molecule has 1 fully saturated rings. The summed E-state index contributed by atoms with van der Waals surface area (Å²) in [5.41, 5.74) is 4.43. The Balaban J connectivity index is 1.41. The predicted molar refractivity (Wildman–Crippen MR) is 166 cm³/mol. The van der Waals surface area contributed by atoms with Gasteiger partial charge in [-0.3, -0.25) is 9.59 Å². The summed E-state index contributed by atoms with van der Waals surface area (Å²) in [6.45, 7) is 0.931. The largest absolute Gasteiger partial charge is 0.493 e. The van der Waals surface area contributed by atoms with Crippen molar-refractivity contribution in [3.8, 4) is 39.5 Å². The number of carbonyl (C=O) groups is 2. The maximum absolute atomic E-state index is 13.8. The Hall–Kier alpha value is -4.92. The van der Waals surface area contributed by atoms with Crippen LogP contribution in [0.25, 0.3) is 22.3 Å². The lowest BCUT2D eigenvalue weighted by Gasteiger charge is -2.31. The topological polar surface area (TPSA) is 68.3 Å². The quantitative estimate of drug-likeness (QED) is 0.150. The number of anilines is 1. The molecule has 9 heteroatoms. The average Bonchev–Trinajstić information content (AvgIpc) is 3.51. The lowest BCUT2D eigenvalue weighted by Crippen LogP contribution is -2.45. The van der Waals surface area contributed by atoms with E-state index >= 15 is 0 Å². The Kier molecular flexibility index (Phi) is 9.13. The van der Waals surface area contributed by atoms with Crippen molar-refractivity contribution in [2.24, 2.45) is 0 Å². The van der Waals surface area contributed by atoms with Gasteiger partial charge in [0.25, 0.3) is 11.7 Å². The third-order valence-electron chi connectivity index (χ3n) is 7.98. The molecule has 1 heterocycles. The van der Waals surface area contributed by atoms with Gasteiger partial charge in [0.2, 0.25) is 5.75 Å². The number of nitrogens with zero attached hydrogens (tertiary/aromatic N) is 2. The van der Waals surface area contributed by atoms with Gasteiger partial charge >= 0.3 is 0 Å². The monoisotopic (exact) mass is 600 g/mol. The van der Waals surface area contributed by atoms with Crippen molar-refractivity contribution in [1.82, 2.24) is 4.90 Å². The summed E-state index contributed by atoms with van der Waals surface area (Å²) < 4.78 is 43.5. The average molecular weight is 601 g/mol. The predicted octanol–water partition coefficient (Wildman–Crippen LogP) is 6.63. The zero-order valence-electron chi connectivity index (χ0n) is 25.1. The molecule has 0 aliphatic carbocycles. The Morgan fingerprint density at radius 1 is 0.795 bits per heavy atom. The van der Waals surface area contributed by atoms with Crippen LogP contribution in [0.15, 0.2) is 78.9 Å². The number of benzene rings is 4. The Morgan fingerprint density at radius 3 is 1.93 bits per heavy atom. The lowest BCUT2D eigenvalue weighted by molar-refractivity contribution is -0.127. The van der Waals surface area contributed by atoms with Crippen LogP contribution in [0.1, 0.15) is 23.2 Å². The highest BCUT2D eigenvalue weighted by atomic mass is 19.1. The van der Waals surface area contributed by atoms with E-state index in [4.69, 9.17) is 14.2 Å². The number of ketones is 1. The van der Waals surface area contributed by atoms with Crippen molar-refractivity contribution in [2.45, 2.75) is 18.9 Å². The summed E-state index contributed by atoms with van der Waals surface area (Å²) >= 11 is 0. The summed E-state index contributed by atoms with van der Waals surface area (Å²) in [5, 5.41) is 0. The van der Waals surface area contributed by atoms with Gasteiger partial charge in [0, 0.05) is 43.0 Å². The third kappa shape index (κ3) is 6.22. The number of likely N-dealkylation sites (N-methyl/N-ethyl adjacent to an activating group) is 1. The summed E-state index contributed by atoms with van der Waals surface area (Å²) in [6, 6.07) is 21.2. The molecule has 1 aliphatic rings. The molecule has 0 bridgehead atoms. The number of rotatable bonds is 10. The van der Waals surface area contributed by atoms with E-state index in [-0.39, 0.29) is 34.7 Å². The van der Waals surface area contributed by atoms with E-state index in [9.17, 15) is 18.4 Å². The van der Waals surface area contributed by atoms with E-state index in [0.717, 1.165) is 40.8 Å². The highest BCUT2D eigenvalue weighted by Gasteiger charge is 2.34. The molecule has 4 aromatic rings. The van der Waals surface area contributed by atoms with Gasteiger partial charge in [0.1, 0.15) is 11.6 Å². The summed E-state index contributed by atoms with van der Waals surface area (Å²) in [5.74, 6) is -0.994. The van der Waals surface area contributed by atoms with Crippen LogP contribution in [-0.2, 0) is 4.79 Å². The van der Waals surface area contributed by atoms with E-state index in [1.54, 1.807) is 29.2 Å². The van der Waals surface area contributed by atoms with Crippen molar-refractivity contribution in [3.05, 3.63) is 96.1 Å². The number of methoxy groups -OCH3 is 3. The number of hydrogen-bond donors (Lipinski definition) is 0. The molecule has 0 unspecified atom stereocenters. The van der Waals surface area contributed by atoms with Gasteiger partial charge in [-0.15, -0.1) is 0 Å². The maximum atomic E-state index is 13.8. The normalized spacial score (nSPS) is 14.3. The minimum Gasteiger partial charge on any atom is -0.493 e. The van der Waals surface area contributed by atoms with Crippen LogP contribution in [0.4, 0.5) is 14.5 Å². The molecule has 228 valence electrons. The lowest BCUT2D eigenvalue weighted by atomic mass is 9.96. The highest BCUT2D eigenvalue weighted by Crippen LogP contribution is 2.39.